The molecule has 0 saturated heterocycles. The van der Waals surface area contributed by atoms with E-state index in [1.165, 1.54) is 0 Å². The lowest BCUT2D eigenvalue weighted by molar-refractivity contribution is 0.0950. The molecular weight excluding hydrogens is 444 g/mol. The molecule has 2 aromatic heterocycles. The number of amides is 1. The number of nitrogens with zero attached hydrogens (tertiary/aromatic N) is 3. The van der Waals surface area contributed by atoms with Gasteiger partial charge in [-0.15, -0.1) is 10.2 Å². The third-order valence-electron chi connectivity index (χ3n) is 4.45. The number of hydrogen-bond donors (Lipinski definition) is 1. The van der Waals surface area contributed by atoms with Crippen LogP contribution in [0.5, 0.6) is 5.75 Å². The highest BCUT2D eigenvalue weighted by Crippen LogP contribution is 2.26. The second kappa shape index (κ2) is 10.7. The normalized spacial score (nSPS) is 11.2. The predicted octanol–water partition coefficient (Wildman–Crippen LogP) is 5.18. The van der Waals surface area contributed by atoms with Crippen LogP contribution < -0.4 is 10.1 Å². The van der Waals surface area contributed by atoms with Crippen molar-refractivity contribution >= 4 is 40.0 Å². The summed E-state index contributed by atoms with van der Waals surface area (Å²) >= 11 is 7.56. The van der Waals surface area contributed by atoms with E-state index in [0.717, 1.165) is 33.8 Å². The van der Waals surface area contributed by atoms with Gasteiger partial charge in [0.15, 0.2) is 5.01 Å². The summed E-state index contributed by atoms with van der Waals surface area (Å²) < 4.78 is 5.78. The topological polar surface area (TPSA) is 77.0 Å². The van der Waals surface area contributed by atoms with Crippen LogP contribution in [0.3, 0.4) is 0 Å². The largest absolute Gasteiger partial charge is 0.489 e. The first kappa shape index (κ1) is 21.7. The molecule has 0 atom stereocenters. The SMILES string of the molecule is O=C(NCc1ccccc1)c1nnc(/C(Cl)=C/c2ccc(OCc3ccncc3)cc2)s1. The Bertz CT molecular complexity index is 1200. The smallest absolute Gasteiger partial charge is 0.282 e. The number of rotatable bonds is 8. The summed E-state index contributed by atoms with van der Waals surface area (Å²) in [4.78, 5) is 16.3. The number of halogens is 1. The van der Waals surface area contributed by atoms with E-state index in [9.17, 15) is 4.79 Å². The van der Waals surface area contributed by atoms with Crippen molar-refractivity contribution in [1.82, 2.24) is 20.5 Å². The van der Waals surface area contributed by atoms with E-state index in [2.05, 4.69) is 20.5 Å². The van der Waals surface area contributed by atoms with Gasteiger partial charge >= 0.3 is 0 Å². The van der Waals surface area contributed by atoms with Gasteiger partial charge in [0.1, 0.15) is 12.4 Å². The van der Waals surface area contributed by atoms with Crippen molar-refractivity contribution in [2.24, 2.45) is 0 Å². The van der Waals surface area contributed by atoms with Crippen molar-refractivity contribution in [2.75, 3.05) is 0 Å². The van der Waals surface area contributed by atoms with Crippen LogP contribution in [0, 0.1) is 0 Å². The molecule has 4 rings (SSSR count). The lowest BCUT2D eigenvalue weighted by Crippen LogP contribution is -2.22. The van der Waals surface area contributed by atoms with Crippen LogP contribution in [-0.2, 0) is 13.2 Å². The van der Waals surface area contributed by atoms with Crippen LogP contribution >= 0.6 is 22.9 Å². The lowest BCUT2D eigenvalue weighted by atomic mass is 10.2. The minimum Gasteiger partial charge on any atom is -0.489 e. The Morgan fingerprint density at radius 3 is 2.41 bits per heavy atom. The molecule has 2 heterocycles. The number of carbonyl (C=O) groups excluding carboxylic acids is 1. The standard InChI is InChI=1S/C24H19ClN4O2S/c25-21(14-17-6-8-20(9-7-17)31-16-19-10-12-26-13-11-19)23-28-29-24(32-23)22(30)27-15-18-4-2-1-3-5-18/h1-14H,15-16H2,(H,27,30)/b21-14-. The average Bonchev–Trinajstić information content (AvgIpc) is 3.34. The van der Waals surface area contributed by atoms with Crippen molar-refractivity contribution in [3.05, 3.63) is 106 Å². The fourth-order valence-corrected chi connectivity index (χ4v) is 3.73. The highest BCUT2D eigenvalue weighted by molar-refractivity contribution is 7.15. The molecule has 0 radical (unpaired) electrons. The zero-order valence-electron chi connectivity index (χ0n) is 16.9. The maximum atomic E-state index is 12.3. The minimum atomic E-state index is -0.280. The summed E-state index contributed by atoms with van der Waals surface area (Å²) in [7, 11) is 0. The molecular formula is C24H19ClN4O2S. The van der Waals surface area contributed by atoms with E-state index in [1.54, 1.807) is 18.5 Å². The number of hydrogen-bond acceptors (Lipinski definition) is 6. The summed E-state index contributed by atoms with van der Waals surface area (Å²) in [6.07, 6.45) is 5.25. The van der Waals surface area contributed by atoms with Crippen molar-refractivity contribution < 1.29 is 9.53 Å². The molecule has 0 aliphatic rings. The number of pyridine rings is 1. The maximum absolute atomic E-state index is 12.3. The van der Waals surface area contributed by atoms with Gasteiger partial charge < -0.3 is 10.1 Å². The first-order chi connectivity index (χ1) is 15.7. The molecule has 0 bridgehead atoms. The Labute approximate surface area is 194 Å². The van der Waals surface area contributed by atoms with Gasteiger partial charge in [-0.1, -0.05) is 65.4 Å². The van der Waals surface area contributed by atoms with E-state index in [0.29, 0.717) is 23.2 Å². The van der Waals surface area contributed by atoms with Crippen LogP contribution in [0.4, 0.5) is 0 Å². The molecule has 4 aromatic rings. The van der Waals surface area contributed by atoms with Crippen LogP contribution in [0.25, 0.3) is 11.1 Å². The van der Waals surface area contributed by atoms with E-state index in [4.69, 9.17) is 16.3 Å². The number of benzene rings is 2. The third-order valence-corrected chi connectivity index (χ3v) is 5.80. The molecule has 0 fully saturated rings. The molecule has 8 heteroatoms. The summed E-state index contributed by atoms with van der Waals surface area (Å²) in [5, 5.41) is 12.0. The van der Waals surface area contributed by atoms with Crippen LogP contribution in [-0.4, -0.2) is 21.1 Å². The fourth-order valence-electron chi connectivity index (χ4n) is 2.78. The molecule has 1 amide bonds. The maximum Gasteiger partial charge on any atom is 0.282 e. The Hall–Kier alpha value is -3.55. The lowest BCUT2D eigenvalue weighted by Gasteiger charge is -2.06. The monoisotopic (exact) mass is 462 g/mol. The number of ether oxygens (including phenoxy) is 1. The van der Waals surface area contributed by atoms with Crippen LogP contribution in [0.1, 0.15) is 31.5 Å². The summed E-state index contributed by atoms with van der Waals surface area (Å²) in [5.41, 5.74) is 2.94. The van der Waals surface area contributed by atoms with E-state index in [1.807, 2.05) is 66.7 Å². The summed E-state index contributed by atoms with van der Waals surface area (Å²) in [5.74, 6) is 0.473. The Morgan fingerprint density at radius 2 is 1.66 bits per heavy atom. The van der Waals surface area contributed by atoms with Gasteiger partial charge in [-0.25, -0.2) is 0 Å². The van der Waals surface area contributed by atoms with Crippen LogP contribution in [0.2, 0.25) is 0 Å². The third kappa shape index (κ3) is 6.00. The van der Waals surface area contributed by atoms with Gasteiger partial charge in [-0.05, 0) is 47.0 Å². The highest BCUT2D eigenvalue weighted by Gasteiger charge is 2.14. The Balaban J connectivity index is 1.34. The van der Waals surface area contributed by atoms with E-state index < -0.39 is 0 Å². The molecule has 0 spiro atoms. The molecule has 0 unspecified atom stereocenters. The van der Waals surface area contributed by atoms with Gasteiger partial charge in [-0.2, -0.15) is 0 Å². The average molecular weight is 463 g/mol. The first-order valence-electron chi connectivity index (χ1n) is 9.82. The van der Waals surface area contributed by atoms with Gasteiger partial charge in [0.25, 0.3) is 5.91 Å². The fraction of sp³-hybridized carbons (Fsp3) is 0.0833. The van der Waals surface area contributed by atoms with Crippen molar-refractivity contribution in [3.63, 3.8) is 0 Å². The zero-order valence-corrected chi connectivity index (χ0v) is 18.5. The summed E-state index contributed by atoms with van der Waals surface area (Å²) in [6.45, 7) is 0.895. The molecule has 32 heavy (non-hydrogen) atoms. The number of aromatic nitrogens is 3. The zero-order chi connectivity index (χ0) is 22.2. The quantitative estimate of drug-likeness (QED) is 0.390. The van der Waals surface area contributed by atoms with Crippen molar-refractivity contribution in [2.45, 2.75) is 13.2 Å². The number of nitrogens with one attached hydrogen (secondary N) is 1. The minimum absolute atomic E-state index is 0.266. The molecule has 160 valence electrons. The molecule has 6 nitrogen and oxygen atoms in total. The Morgan fingerprint density at radius 1 is 0.938 bits per heavy atom. The molecule has 1 N–H and O–H groups in total. The number of carbonyl (C=O) groups is 1. The molecule has 2 aromatic carbocycles. The highest BCUT2D eigenvalue weighted by atomic mass is 35.5. The van der Waals surface area contributed by atoms with E-state index >= 15 is 0 Å². The second-order valence-electron chi connectivity index (χ2n) is 6.79. The second-order valence-corrected chi connectivity index (χ2v) is 8.17. The van der Waals surface area contributed by atoms with Crippen LogP contribution in [0.15, 0.2) is 79.1 Å². The molecule has 0 saturated carbocycles. The van der Waals surface area contributed by atoms with E-state index in [-0.39, 0.29) is 10.9 Å². The first-order valence-corrected chi connectivity index (χ1v) is 11.0. The van der Waals surface area contributed by atoms with Gasteiger partial charge in [0.2, 0.25) is 5.01 Å². The van der Waals surface area contributed by atoms with Gasteiger partial charge in [0, 0.05) is 18.9 Å². The molecule has 0 aliphatic heterocycles. The van der Waals surface area contributed by atoms with Gasteiger partial charge in [0.05, 0.1) is 5.03 Å². The Kier molecular flexibility index (Phi) is 7.22. The van der Waals surface area contributed by atoms with Crippen molar-refractivity contribution in [3.8, 4) is 5.75 Å². The van der Waals surface area contributed by atoms with Gasteiger partial charge in [-0.3, -0.25) is 9.78 Å². The predicted molar refractivity (Wildman–Crippen MR) is 126 cm³/mol. The summed E-state index contributed by atoms with van der Waals surface area (Å²) in [6, 6.07) is 21.0. The molecule has 0 aliphatic carbocycles. The van der Waals surface area contributed by atoms with Crippen molar-refractivity contribution in [1.29, 1.82) is 0 Å².